The molecule has 0 aliphatic carbocycles. The Morgan fingerprint density at radius 1 is 0.933 bits per heavy atom. The third-order valence-corrected chi connectivity index (χ3v) is 8.13. The third-order valence-electron chi connectivity index (χ3n) is 8.13. The van der Waals surface area contributed by atoms with Gasteiger partial charge in [0.15, 0.2) is 6.10 Å². The molecule has 2 fully saturated rings. The van der Waals surface area contributed by atoms with Crippen molar-refractivity contribution in [2.24, 2.45) is 0 Å². The number of carbonyl (C=O) groups excluding carboxylic acids is 5. The highest BCUT2D eigenvalue weighted by atomic mass is 16.5. The van der Waals surface area contributed by atoms with Crippen LogP contribution in [-0.4, -0.2) is 121 Å². The van der Waals surface area contributed by atoms with Crippen LogP contribution in [-0.2, 0) is 41.7 Å². The van der Waals surface area contributed by atoms with Gasteiger partial charge in [0.05, 0.1) is 25.7 Å². The number of morpholine rings is 1. The fourth-order valence-corrected chi connectivity index (χ4v) is 5.70. The van der Waals surface area contributed by atoms with Crippen molar-refractivity contribution in [2.75, 3.05) is 52.9 Å². The Hall–Kier alpha value is -4.49. The van der Waals surface area contributed by atoms with E-state index in [0.717, 1.165) is 16.9 Å². The highest BCUT2D eigenvalue weighted by Crippen LogP contribution is 2.23. The zero-order valence-corrected chi connectivity index (χ0v) is 25.6. The SMILES string of the molecule is C[C@H]1NC(=O)CN(C)C(=O)[C@@H](Cc2ccccc2)NC(=O)[C@H]2CN(C(=O)CN3CCOc4ccccc4C3)C[C@H](CNC1=O)O2. The van der Waals surface area contributed by atoms with Crippen LogP contribution in [0.4, 0.5) is 0 Å². The Bertz CT molecular complexity index is 1410. The number of likely N-dealkylation sites (N-methyl/N-ethyl adjacent to an activating group) is 1. The zero-order valence-electron chi connectivity index (χ0n) is 25.6. The van der Waals surface area contributed by atoms with Crippen LogP contribution in [0.1, 0.15) is 18.1 Å². The molecule has 2 aromatic rings. The van der Waals surface area contributed by atoms with Gasteiger partial charge >= 0.3 is 0 Å². The highest BCUT2D eigenvalue weighted by Gasteiger charge is 2.38. The Kier molecular flexibility index (Phi) is 10.3. The Balaban J connectivity index is 1.36. The fourth-order valence-electron chi connectivity index (χ4n) is 5.70. The smallest absolute Gasteiger partial charge is 0.251 e. The second-order valence-electron chi connectivity index (χ2n) is 11.7. The number of nitrogens with one attached hydrogen (secondary N) is 3. The molecule has 3 N–H and O–H groups in total. The number of hydrogen-bond acceptors (Lipinski definition) is 8. The van der Waals surface area contributed by atoms with Gasteiger partial charge in [0.2, 0.25) is 23.6 Å². The second-order valence-corrected chi connectivity index (χ2v) is 11.7. The van der Waals surface area contributed by atoms with Crippen molar-refractivity contribution in [1.82, 2.24) is 30.7 Å². The third kappa shape index (κ3) is 8.37. The van der Waals surface area contributed by atoms with Crippen LogP contribution in [0.2, 0.25) is 0 Å². The normalized spacial score (nSPS) is 25.4. The van der Waals surface area contributed by atoms with E-state index in [2.05, 4.69) is 16.0 Å². The number of amides is 5. The number of hydrogen-bond donors (Lipinski definition) is 3. The molecule has 0 aromatic heterocycles. The Labute approximate surface area is 262 Å². The van der Waals surface area contributed by atoms with Gasteiger partial charge in [-0.2, -0.15) is 0 Å². The first-order valence-electron chi connectivity index (χ1n) is 15.2. The minimum atomic E-state index is -1.09. The van der Waals surface area contributed by atoms with E-state index in [1.165, 1.54) is 11.9 Å². The maximum Gasteiger partial charge on any atom is 0.251 e. The van der Waals surface area contributed by atoms with Crippen LogP contribution >= 0.6 is 0 Å². The van der Waals surface area contributed by atoms with Crippen molar-refractivity contribution < 1.29 is 33.4 Å². The molecule has 3 heterocycles. The summed E-state index contributed by atoms with van der Waals surface area (Å²) in [5, 5.41) is 8.19. The topological polar surface area (TPSA) is 150 Å². The average Bonchev–Trinajstić information content (AvgIpc) is 3.24. The summed E-state index contributed by atoms with van der Waals surface area (Å²) in [6.45, 7) is 3.03. The molecule has 0 unspecified atom stereocenters. The van der Waals surface area contributed by atoms with E-state index in [1.54, 1.807) is 11.8 Å². The van der Waals surface area contributed by atoms with Crippen LogP contribution < -0.4 is 20.7 Å². The predicted molar refractivity (Wildman–Crippen MR) is 163 cm³/mol. The number of nitrogens with zero attached hydrogens (tertiary/aromatic N) is 3. The van der Waals surface area contributed by atoms with Crippen molar-refractivity contribution in [1.29, 1.82) is 0 Å². The van der Waals surface area contributed by atoms with Crippen LogP contribution in [0.3, 0.4) is 0 Å². The standard InChI is InChI=1S/C32H40N6O7/c1-21-30(41)33-15-24-17-38(29(40)20-37-12-13-44-26-11-7-6-10-23(26)16-37)18-27(45-24)31(42)35-25(14-22-8-4-3-5-9-22)32(43)36(2)19-28(39)34-21/h3-11,21,24-25,27H,12-20H2,1-2H3,(H,33,41)(H,34,39)(H,35,42)/t21-,24+,25-,27-/m1/s1. The minimum absolute atomic E-state index is 0.0177. The summed E-state index contributed by atoms with van der Waals surface area (Å²) in [4.78, 5) is 71.2. The molecule has 13 nitrogen and oxygen atoms in total. The molecular weight excluding hydrogens is 580 g/mol. The van der Waals surface area contributed by atoms with Crippen molar-refractivity contribution >= 4 is 29.5 Å². The number of fused-ring (bicyclic) bond motifs is 3. The molecule has 240 valence electrons. The summed E-state index contributed by atoms with van der Waals surface area (Å²) < 4.78 is 12.0. The summed E-state index contributed by atoms with van der Waals surface area (Å²) in [7, 11) is 1.47. The lowest BCUT2D eigenvalue weighted by atomic mass is 10.0. The van der Waals surface area contributed by atoms with Gasteiger partial charge in [0.1, 0.15) is 24.4 Å². The maximum absolute atomic E-state index is 13.7. The van der Waals surface area contributed by atoms with Gasteiger partial charge < -0.3 is 35.2 Å². The number of rotatable bonds is 4. The van der Waals surface area contributed by atoms with E-state index in [9.17, 15) is 24.0 Å². The predicted octanol–water partition coefficient (Wildman–Crippen LogP) is -0.703. The first-order chi connectivity index (χ1) is 21.7. The van der Waals surface area contributed by atoms with Gasteiger partial charge in [-0.3, -0.25) is 28.9 Å². The van der Waals surface area contributed by atoms with E-state index in [4.69, 9.17) is 9.47 Å². The number of benzene rings is 2. The molecule has 45 heavy (non-hydrogen) atoms. The van der Waals surface area contributed by atoms with E-state index >= 15 is 0 Å². The average molecular weight is 621 g/mol. The van der Waals surface area contributed by atoms with Crippen LogP contribution in [0.5, 0.6) is 5.75 Å². The van der Waals surface area contributed by atoms with Gasteiger partial charge in [0, 0.05) is 45.2 Å². The Morgan fingerprint density at radius 2 is 1.69 bits per heavy atom. The van der Waals surface area contributed by atoms with Gasteiger partial charge in [-0.05, 0) is 18.6 Å². The molecule has 3 aliphatic rings. The molecule has 0 spiro atoms. The first-order valence-corrected chi connectivity index (χ1v) is 15.2. The van der Waals surface area contributed by atoms with E-state index in [1.807, 2.05) is 59.5 Å². The van der Waals surface area contributed by atoms with E-state index < -0.39 is 47.9 Å². The maximum atomic E-state index is 13.7. The van der Waals surface area contributed by atoms with Gasteiger partial charge in [-0.15, -0.1) is 0 Å². The highest BCUT2D eigenvalue weighted by molar-refractivity contribution is 5.93. The van der Waals surface area contributed by atoms with Crippen LogP contribution in [0.25, 0.3) is 0 Å². The summed E-state index contributed by atoms with van der Waals surface area (Å²) in [6, 6.07) is 15.1. The van der Waals surface area contributed by atoms with E-state index in [0.29, 0.717) is 19.7 Å². The summed E-state index contributed by atoms with van der Waals surface area (Å²) >= 11 is 0. The molecule has 2 saturated heterocycles. The lowest BCUT2D eigenvalue weighted by molar-refractivity contribution is -0.158. The molecule has 2 aromatic carbocycles. The van der Waals surface area contributed by atoms with Crippen molar-refractivity contribution in [2.45, 2.75) is 44.2 Å². The van der Waals surface area contributed by atoms with Gasteiger partial charge in [-0.25, -0.2) is 0 Å². The van der Waals surface area contributed by atoms with E-state index in [-0.39, 0.29) is 45.1 Å². The quantitative estimate of drug-likeness (QED) is 0.406. The van der Waals surface area contributed by atoms with Gasteiger partial charge in [-0.1, -0.05) is 48.5 Å². The van der Waals surface area contributed by atoms with Crippen molar-refractivity contribution in [3.63, 3.8) is 0 Å². The number of carbonyl (C=O) groups is 5. The zero-order chi connectivity index (χ0) is 31.9. The van der Waals surface area contributed by atoms with Crippen LogP contribution in [0.15, 0.2) is 54.6 Å². The molecule has 4 atom stereocenters. The molecule has 5 amide bonds. The molecule has 0 saturated carbocycles. The monoisotopic (exact) mass is 620 g/mol. The summed E-state index contributed by atoms with van der Waals surface area (Å²) in [6.07, 6.45) is -1.60. The largest absolute Gasteiger partial charge is 0.492 e. The fraction of sp³-hybridized carbons (Fsp3) is 0.469. The summed E-state index contributed by atoms with van der Waals surface area (Å²) in [5.74, 6) is -1.39. The van der Waals surface area contributed by atoms with Crippen molar-refractivity contribution in [3.05, 3.63) is 65.7 Å². The van der Waals surface area contributed by atoms with Crippen molar-refractivity contribution in [3.8, 4) is 5.75 Å². The molecular formula is C32H40N6O7. The van der Waals surface area contributed by atoms with Gasteiger partial charge in [0.25, 0.3) is 5.91 Å². The second kappa shape index (κ2) is 14.5. The molecule has 5 rings (SSSR count). The lowest BCUT2D eigenvalue weighted by Crippen LogP contribution is -2.60. The summed E-state index contributed by atoms with van der Waals surface area (Å²) in [5.41, 5.74) is 1.80. The Morgan fingerprint density at radius 3 is 2.49 bits per heavy atom. The molecule has 2 bridgehead atoms. The van der Waals surface area contributed by atoms with Crippen LogP contribution in [0, 0.1) is 0 Å². The minimum Gasteiger partial charge on any atom is -0.492 e. The first kappa shape index (κ1) is 31.9. The lowest BCUT2D eigenvalue weighted by Gasteiger charge is -2.38. The molecule has 3 aliphatic heterocycles. The molecule has 0 radical (unpaired) electrons. The number of ether oxygens (including phenoxy) is 2. The number of para-hydroxylation sites is 1. The molecule has 13 heteroatoms.